The number of nitrogens with zero attached hydrogens (tertiary/aromatic N) is 6. The van der Waals surface area contributed by atoms with Crippen LogP contribution >= 0.6 is 139 Å². The minimum absolute atomic E-state index is 0. The van der Waals surface area contributed by atoms with E-state index in [1.807, 2.05) is 12.1 Å². The van der Waals surface area contributed by atoms with E-state index in [0.29, 0.717) is 30.5 Å². The minimum Gasteiger partial charge on any atom is -0.358 e. The van der Waals surface area contributed by atoms with Gasteiger partial charge in [0.1, 0.15) is 15.5 Å². The van der Waals surface area contributed by atoms with E-state index >= 15 is 0 Å². The maximum atomic E-state index is 5.62. The van der Waals surface area contributed by atoms with Crippen LogP contribution in [-0.4, -0.2) is 29.9 Å². The molecule has 6 aromatic rings. The molecule has 0 aliphatic carbocycles. The number of aromatic nitrogens is 6. The predicted molar refractivity (Wildman–Crippen MR) is 284 cm³/mol. The van der Waals surface area contributed by atoms with Crippen LogP contribution in [-0.2, 0) is 134 Å². The standard InChI is InChI=1S/C5Cl5N.2C5H3Cl2N.3C5H4ClN.6CH4.6CH3.6Nb/c6-1-2(7)4(9)11-5(10)3(1)8;6-4-1-5(7)3-8-2-4;6-4-2-1-3-5(7)8-4;6-5-1-3-7-4-2-5;6-5-2-1-3-7-4-5;6-5-3-1-2-4-7-5;;;;;;;;;;;;;;;;;;/h;2*1-3H;3*1-4H;6*1H4;6*1H3;;;;;;/q;;;;;;;;;;;;6*-1;;;;;;. The van der Waals surface area contributed by atoms with Crippen LogP contribution in [0.25, 0.3) is 0 Å². The fourth-order valence-electron chi connectivity index (χ4n) is 2.25. The van der Waals surface area contributed by atoms with Gasteiger partial charge in [-0.1, -0.05) is 196 Å². The van der Waals surface area contributed by atoms with Crippen molar-refractivity contribution in [3.05, 3.63) is 216 Å². The Morgan fingerprint density at radius 2 is 0.697 bits per heavy atom. The Labute approximate surface area is 555 Å². The Morgan fingerprint density at radius 3 is 0.909 bits per heavy atom. The van der Waals surface area contributed by atoms with Gasteiger partial charge in [0.15, 0.2) is 10.3 Å². The van der Waals surface area contributed by atoms with Gasteiger partial charge in [-0.2, -0.15) is 0 Å². The number of halogens is 12. The van der Waals surface area contributed by atoms with E-state index in [1.54, 1.807) is 85.6 Å². The zero-order valence-electron chi connectivity index (χ0n) is 32.3. The zero-order valence-corrected chi connectivity index (χ0v) is 54.6. The third kappa shape index (κ3) is 64.8. The number of pyridine rings is 6. The molecule has 0 bridgehead atoms. The summed E-state index contributed by atoms with van der Waals surface area (Å²) in [5, 5.41) is 4.39. The second kappa shape index (κ2) is 76.7. The van der Waals surface area contributed by atoms with E-state index in [9.17, 15) is 0 Å². The molecule has 6 rings (SSSR count). The summed E-state index contributed by atoms with van der Waals surface area (Å²) in [5.41, 5.74) is 0. The van der Waals surface area contributed by atoms with Crippen LogP contribution in [0.1, 0.15) is 44.6 Å². The molecule has 66 heavy (non-hydrogen) atoms. The van der Waals surface area contributed by atoms with Crippen LogP contribution < -0.4 is 0 Å². The van der Waals surface area contributed by atoms with E-state index < -0.39 is 0 Å². The molecule has 6 nitrogen and oxygen atoms in total. The summed E-state index contributed by atoms with van der Waals surface area (Å²) < 4.78 is 0. The molecule has 0 saturated carbocycles. The van der Waals surface area contributed by atoms with Gasteiger partial charge in [0.25, 0.3) is 0 Å². The first-order valence-corrected chi connectivity index (χ1v) is 16.9. The first-order chi connectivity index (χ1) is 22.8. The summed E-state index contributed by atoms with van der Waals surface area (Å²) in [6.45, 7) is 0. The second-order valence-electron chi connectivity index (χ2n) is 7.73. The van der Waals surface area contributed by atoms with Crippen molar-refractivity contribution in [1.82, 2.24) is 29.9 Å². The number of hydrogen-bond donors (Lipinski definition) is 0. The van der Waals surface area contributed by atoms with Crippen LogP contribution in [0.2, 0.25) is 60.9 Å². The average molecular weight is 1630 g/mol. The molecule has 0 unspecified atom stereocenters. The Hall–Kier alpha value is 2.82. The SMILES string of the molecule is C.C.C.C.C.C.Clc1cccc(Cl)n1.Clc1ccccn1.Clc1cccnc1.Clc1ccncc1.Clc1cncc(Cl)c1.Clc1nc(Cl)c(Cl)c(Cl)c1Cl.[CH3-].[CH3-].[CH3-].[CH3-].[CH3-].[CH3-].[Nb].[Nb].[Nb].[Nb].[Nb].[Nb]. The molecular weight excluding hydrogens is 1570 g/mol. The Bertz CT molecular complexity index is 1600. The molecule has 6 radical (unpaired) electrons. The van der Waals surface area contributed by atoms with Gasteiger partial charge < -0.3 is 44.6 Å². The molecule has 24 heteroatoms. The van der Waals surface area contributed by atoms with E-state index in [2.05, 4.69) is 29.9 Å². The molecule has 0 atom stereocenters. The molecule has 0 fully saturated rings. The topological polar surface area (TPSA) is 77.3 Å². The van der Waals surface area contributed by atoms with Crippen molar-refractivity contribution in [3.8, 4) is 0 Å². The van der Waals surface area contributed by atoms with E-state index in [0.717, 1.165) is 5.02 Å². The fourth-order valence-corrected chi connectivity index (χ4v) is 4.39. The fraction of sp³-hybridized carbons (Fsp3) is 0.143. The molecule has 0 amide bonds. The number of hydrogen-bond acceptors (Lipinski definition) is 6. The van der Waals surface area contributed by atoms with Gasteiger partial charge in [-0.25, -0.2) is 15.0 Å². The molecule has 6 aromatic heterocycles. The molecule has 0 saturated heterocycles. The van der Waals surface area contributed by atoms with Crippen LogP contribution in [0.15, 0.2) is 110 Å². The number of rotatable bonds is 0. The van der Waals surface area contributed by atoms with Gasteiger partial charge in [-0.05, 0) is 54.6 Å². The van der Waals surface area contributed by atoms with Crippen molar-refractivity contribution in [1.29, 1.82) is 0 Å². The smallest absolute Gasteiger partial charge is 0.151 e. The van der Waals surface area contributed by atoms with Crippen molar-refractivity contribution in [3.63, 3.8) is 0 Å². The maximum absolute atomic E-state index is 5.62. The first kappa shape index (κ1) is 123. The second-order valence-corrected chi connectivity index (χ2v) is 12.5. The Balaban J connectivity index is -0.0000000250. The van der Waals surface area contributed by atoms with Gasteiger partial charge in [0, 0.05) is 183 Å². The van der Waals surface area contributed by atoms with Gasteiger partial charge in [0.05, 0.1) is 30.1 Å². The molecule has 0 aliphatic rings. The molecule has 0 aromatic carbocycles. The molecule has 0 N–H and O–H groups in total. The molecule has 378 valence electrons. The summed E-state index contributed by atoms with van der Waals surface area (Å²) >= 11 is 66.1. The van der Waals surface area contributed by atoms with E-state index in [1.165, 1.54) is 12.4 Å². The van der Waals surface area contributed by atoms with Crippen LogP contribution in [0.5, 0.6) is 0 Å². The molecular formula is C42H60Cl12N6Nb6-6. The average Bonchev–Trinajstić information content (AvgIpc) is 3.05. The molecule has 0 aliphatic heterocycles. The van der Waals surface area contributed by atoms with E-state index in [-0.39, 0.29) is 249 Å². The first-order valence-electron chi connectivity index (χ1n) is 12.4. The maximum Gasteiger partial charge on any atom is 0.151 e. The molecule has 0 spiro atoms. The Kier molecular flexibility index (Phi) is 142. The van der Waals surface area contributed by atoms with Crippen molar-refractivity contribution >= 4 is 139 Å². The Morgan fingerprint density at radius 1 is 0.303 bits per heavy atom. The summed E-state index contributed by atoms with van der Waals surface area (Å²) in [4.78, 5) is 22.3. The van der Waals surface area contributed by atoms with Gasteiger partial charge >= 0.3 is 0 Å². The van der Waals surface area contributed by atoms with E-state index in [4.69, 9.17) is 139 Å². The van der Waals surface area contributed by atoms with Crippen molar-refractivity contribution in [2.45, 2.75) is 44.6 Å². The zero-order chi connectivity index (χ0) is 35.9. The summed E-state index contributed by atoms with van der Waals surface area (Å²) in [6.07, 6.45) is 11.3. The normalized spacial score (nSPS) is 6.73. The van der Waals surface area contributed by atoms with Crippen LogP contribution in [0.4, 0.5) is 0 Å². The third-order valence-electron chi connectivity index (χ3n) is 4.19. The summed E-state index contributed by atoms with van der Waals surface area (Å²) in [5.74, 6) is 0. The van der Waals surface area contributed by atoms with Gasteiger partial charge in [-0.3, -0.25) is 15.0 Å². The predicted octanol–water partition coefficient (Wildman–Crippen LogP) is 20.8. The largest absolute Gasteiger partial charge is 0.358 e. The van der Waals surface area contributed by atoms with Crippen molar-refractivity contribution in [2.75, 3.05) is 0 Å². The van der Waals surface area contributed by atoms with Crippen molar-refractivity contribution in [2.24, 2.45) is 0 Å². The van der Waals surface area contributed by atoms with Crippen LogP contribution in [0.3, 0.4) is 0 Å². The summed E-state index contributed by atoms with van der Waals surface area (Å²) in [6, 6.07) is 19.2. The van der Waals surface area contributed by atoms with Crippen LogP contribution in [0, 0.1) is 44.6 Å². The third-order valence-corrected chi connectivity index (χ3v) is 7.77. The quantitative estimate of drug-likeness (QED) is 0.0857. The monoisotopic (exact) mass is 1630 g/mol. The minimum atomic E-state index is 0. The van der Waals surface area contributed by atoms with Gasteiger partial charge in [0.2, 0.25) is 0 Å². The summed E-state index contributed by atoms with van der Waals surface area (Å²) in [7, 11) is 0. The van der Waals surface area contributed by atoms with Crippen molar-refractivity contribution < 1.29 is 134 Å². The van der Waals surface area contributed by atoms with Gasteiger partial charge in [-0.15, -0.1) is 0 Å². The molecule has 6 heterocycles.